The smallest absolute Gasteiger partial charge is 0.321 e. The van der Waals surface area contributed by atoms with Crippen molar-refractivity contribution in [3.8, 4) is 0 Å². The van der Waals surface area contributed by atoms with Crippen LogP contribution in [0, 0.1) is 17.3 Å². The summed E-state index contributed by atoms with van der Waals surface area (Å²) in [5.74, 6) is 0.0219. The van der Waals surface area contributed by atoms with E-state index < -0.39 is 24.0 Å². The van der Waals surface area contributed by atoms with Gasteiger partial charge in [0.1, 0.15) is 0 Å². The van der Waals surface area contributed by atoms with E-state index in [9.17, 15) is 14.4 Å². The number of imide groups is 1. The first-order valence-corrected chi connectivity index (χ1v) is 8.10. The van der Waals surface area contributed by atoms with Gasteiger partial charge in [0.25, 0.3) is 5.91 Å². The zero-order valence-corrected chi connectivity index (χ0v) is 13.4. The van der Waals surface area contributed by atoms with Gasteiger partial charge in [0.05, 0.1) is 5.41 Å². The van der Waals surface area contributed by atoms with Crippen LogP contribution >= 0.6 is 11.6 Å². The maximum Gasteiger partial charge on any atom is 0.321 e. The second kappa shape index (κ2) is 5.41. The molecule has 0 unspecified atom stereocenters. The summed E-state index contributed by atoms with van der Waals surface area (Å²) in [5.41, 5.74) is -0.529. The maximum atomic E-state index is 12.5. The van der Waals surface area contributed by atoms with Crippen molar-refractivity contribution < 1.29 is 19.1 Å². The fraction of sp³-hybridized carbons (Fsp3) is 0.800. The van der Waals surface area contributed by atoms with Crippen LogP contribution in [0.5, 0.6) is 0 Å². The first-order valence-electron chi connectivity index (χ1n) is 7.72. The van der Waals surface area contributed by atoms with Gasteiger partial charge in [-0.05, 0) is 50.4 Å². The molecule has 6 nitrogen and oxygen atoms in total. The third kappa shape index (κ3) is 2.81. The molecule has 0 aromatic carbocycles. The minimum Gasteiger partial charge on any atom is -0.455 e. The summed E-state index contributed by atoms with van der Waals surface area (Å²) >= 11 is 6.67. The van der Waals surface area contributed by atoms with E-state index in [4.69, 9.17) is 16.3 Å². The van der Waals surface area contributed by atoms with E-state index in [1.54, 1.807) is 0 Å². The molecule has 4 aliphatic carbocycles. The van der Waals surface area contributed by atoms with E-state index in [0.717, 1.165) is 32.1 Å². The normalized spacial score (nSPS) is 38.5. The summed E-state index contributed by atoms with van der Waals surface area (Å²) in [6.45, 7) is -0.432. The van der Waals surface area contributed by atoms with Crippen molar-refractivity contribution in [3.05, 3.63) is 0 Å². The number of hydrogen-bond acceptors (Lipinski definition) is 4. The average Bonchev–Trinajstić information content (AvgIpc) is 2.41. The molecule has 4 saturated carbocycles. The van der Waals surface area contributed by atoms with Gasteiger partial charge in [-0.2, -0.15) is 0 Å². The third-order valence-corrected chi connectivity index (χ3v) is 5.68. The Kier molecular flexibility index (Phi) is 3.83. The predicted octanol–water partition coefficient (Wildman–Crippen LogP) is 1.56. The second-order valence-electron chi connectivity index (χ2n) is 7.10. The number of halogens is 1. The van der Waals surface area contributed by atoms with Gasteiger partial charge >= 0.3 is 12.0 Å². The van der Waals surface area contributed by atoms with Gasteiger partial charge in [0, 0.05) is 11.9 Å². The Morgan fingerprint density at radius 3 is 2.36 bits per heavy atom. The number of alkyl halides is 1. The lowest BCUT2D eigenvalue weighted by molar-refractivity contribution is -0.171. The molecule has 3 amide bonds. The van der Waals surface area contributed by atoms with Crippen LogP contribution in [0.2, 0.25) is 0 Å². The molecular formula is C15H21ClN2O4. The number of nitrogens with one attached hydrogen (secondary N) is 2. The first-order chi connectivity index (χ1) is 10.3. The Balaban J connectivity index is 1.60. The molecule has 4 aliphatic rings. The number of hydrogen-bond donors (Lipinski definition) is 2. The van der Waals surface area contributed by atoms with Crippen molar-refractivity contribution in [2.24, 2.45) is 17.3 Å². The zero-order valence-electron chi connectivity index (χ0n) is 12.6. The summed E-state index contributed by atoms with van der Waals surface area (Å²) in [5, 5.41) is 4.34. The zero-order chi connectivity index (χ0) is 16.0. The Morgan fingerprint density at radius 1 is 1.18 bits per heavy atom. The van der Waals surface area contributed by atoms with Crippen LogP contribution in [0.4, 0.5) is 4.79 Å². The standard InChI is InChI=1S/C15H21ClN2O4/c1-17-13(21)18-11(19)7-22-12(20)14-3-9-2-10(4-14)6-15(16,5-9)8-14/h9-10H,2-8H2,1H3,(H2,17,18,19,21)/t9-,10-,14?,15?/m0/s1. The summed E-state index contributed by atoms with van der Waals surface area (Å²) in [7, 11) is 1.41. The van der Waals surface area contributed by atoms with Crippen molar-refractivity contribution >= 4 is 29.5 Å². The number of amides is 3. The Morgan fingerprint density at radius 2 is 1.82 bits per heavy atom. The summed E-state index contributed by atoms with van der Waals surface area (Å²) < 4.78 is 5.19. The number of esters is 1. The quantitative estimate of drug-likeness (QED) is 0.608. The molecule has 0 heterocycles. The fourth-order valence-electron chi connectivity index (χ4n) is 4.90. The number of urea groups is 1. The van der Waals surface area contributed by atoms with Gasteiger partial charge in [-0.1, -0.05) is 0 Å². The number of carbonyl (C=O) groups is 3. The van der Waals surface area contributed by atoms with Gasteiger partial charge in [-0.15, -0.1) is 11.6 Å². The largest absolute Gasteiger partial charge is 0.455 e. The van der Waals surface area contributed by atoms with Gasteiger partial charge in [0.15, 0.2) is 6.61 Å². The van der Waals surface area contributed by atoms with Crippen molar-refractivity contribution in [2.45, 2.75) is 43.4 Å². The van der Waals surface area contributed by atoms with E-state index in [0.29, 0.717) is 18.3 Å². The molecule has 0 radical (unpaired) electrons. The molecule has 4 rings (SSSR count). The van der Waals surface area contributed by atoms with Gasteiger partial charge < -0.3 is 10.1 Å². The lowest BCUT2D eigenvalue weighted by Gasteiger charge is -2.58. The molecule has 0 aromatic heterocycles. The lowest BCUT2D eigenvalue weighted by atomic mass is 9.49. The van der Waals surface area contributed by atoms with Crippen LogP contribution in [0.3, 0.4) is 0 Å². The summed E-state index contributed by atoms with van der Waals surface area (Å²) in [4.78, 5) is 34.8. The highest BCUT2D eigenvalue weighted by molar-refractivity contribution is 6.24. The van der Waals surface area contributed by atoms with Crippen LogP contribution in [0.25, 0.3) is 0 Å². The van der Waals surface area contributed by atoms with E-state index in [1.165, 1.54) is 7.05 Å². The average molecular weight is 329 g/mol. The molecule has 0 spiro atoms. The number of ether oxygens (including phenoxy) is 1. The van der Waals surface area contributed by atoms with Crippen molar-refractivity contribution in [2.75, 3.05) is 13.7 Å². The predicted molar refractivity (Wildman–Crippen MR) is 79.3 cm³/mol. The third-order valence-electron chi connectivity index (χ3n) is 5.24. The maximum absolute atomic E-state index is 12.5. The molecule has 122 valence electrons. The van der Waals surface area contributed by atoms with Gasteiger partial charge in [-0.25, -0.2) is 4.79 Å². The van der Waals surface area contributed by atoms with Crippen LogP contribution in [-0.2, 0) is 14.3 Å². The minimum atomic E-state index is -0.627. The molecule has 0 aromatic rings. The van der Waals surface area contributed by atoms with Crippen LogP contribution in [0.15, 0.2) is 0 Å². The highest BCUT2D eigenvalue weighted by Crippen LogP contribution is 2.64. The number of carbonyl (C=O) groups excluding carboxylic acids is 3. The van der Waals surface area contributed by atoms with E-state index in [2.05, 4.69) is 10.6 Å². The first kappa shape index (κ1) is 15.6. The van der Waals surface area contributed by atoms with E-state index in [1.807, 2.05) is 0 Å². The lowest BCUT2D eigenvalue weighted by Crippen LogP contribution is -2.56. The molecule has 4 fully saturated rings. The Labute approximate surface area is 134 Å². The fourth-order valence-corrected chi connectivity index (χ4v) is 5.59. The molecular weight excluding hydrogens is 308 g/mol. The molecule has 0 aliphatic heterocycles. The Hall–Kier alpha value is -1.30. The molecule has 7 heteroatoms. The van der Waals surface area contributed by atoms with E-state index in [-0.39, 0.29) is 10.8 Å². The van der Waals surface area contributed by atoms with Gasteiger partial charge in [-0.3, -0.25) is 14.9 Å². The minimum absolute atomic E-state index is 0.270. The highest BCUT2D eigenvalue weighted by Gasteiger charge is 2.60. The molecule has 2 N–H and O–H groups in total. The molecule has 4 bridgehead atoms. The topological polar surface area (TPSA) is 84.5 Å². The SMILES string of the molecule is CNC(=O)NC(=O)COC(=O)C12C[C@@H]3C[C@H](CC(Cl)(C3)C1)C2. The highest BCUT2D eigenvalue weighted by atomic mass is 35.5. The Bertz CT molecular complexity index is 508. The van der Waals surface area contributed by atoms with Crippen LogP contribution in [-0.4, -0.2) is 36.4 Å². The van der Waals surface area contributed by atoms with Crippen molar-refractivity contribution in [1.29, 1.82) is 0 Å². The van der Waals surface area contributed by atoms with Gasteiger partial charge in [0.2, 0.25) is 0 Å². The van der Waals surface area contributed by atoms with E-state index >= 15 is 0 Å². The molecule has 2 atom stereocenters. The van der Waals surface area contributed by atoms with Crippen LogP contribution < -0.4 is 10.6 Å². The summed E-state index contributed by atoms with van der Waals surface area (Å²) in [6, 6.07) is -0.615. The summed E-state index contributed by atoms with van der Waals surface area (Å²) in [6.07, 6.45) is 5.39. The molecule has 0 saturated heterocycles. The van der Waals surface area contributed by atoms with Crippen LogP contribution in [0.1, 0.15) is 38.5 Å². The monoisotopic (exact) mass is 328 g/mol. The number of rotatable bonds is 3. The second-order valence-corrected chi connectivity index (χ2v) is 7.90. The molecule has 22 heavy (non-hydrogen) atoms. The van der Waals surface area contributed by atoms with Crippen molar-refractivity contribution in [1.82, 2.24) is 10.6 Å². The van der Waals surface area contributed by atoms with Crippen molar-refractivity contribution in [3.63, 3.8) is 0 Å².